The van der Waals surface area contributed by atoms with Crippen LogP contribution in [0.3, 0.4) is 0 Å². The van der Waals surface area contributed by atoms with E-state index in [1.165, 1.54) is 23.1 Å². The van der Waals surface area contributed by atoms with Crippen LogP contribution in [0.25, 0.3) is 10.8 Å². The third-order valence-electron chi connectivity index (χ3n) is 4.38. The van der Waals surface area contributed by atoms with Gasteiger partial charge in [0.15, 0.2) is 0 Å². The predicted octanol–water partition coefficient (Wildman–Crippen LogP) is 6.76. The minimum absolute atomic E-state index is 0.231. The zero-order chi connectivity index (χ0) is 17.2. The molecule has 4 aromatic carbocycles. The number of aryl methyl sites for hydroxylation is 1. The van der Waals surface area contributed by atoms with Crippen molar-refractivity contribution in [2.24, 2.45) is 0 Å². The average molecular weight is 327 g/mol. The van der Waals surface area contributed by atoms with Crippen molar-refractivity contribution < 1.29 is 4.39 Å². The number of benzene rings is 4. The molecule has 2 heteroatoms. The SMILES string of the molecule is Cc1ccc(N(c2ccc(F)cc2)c2cccc3ccccc23)cc1. The quantitative estimate of drug-likeness (QED) is 0.402. The molecule has 1 nitrogen and oxygen atoms in total. The van der Waals surface area contributed by atoms with Gasteiger partial charge in [-0.15, -0.1) is 0 Å². The number of halogens is 1. The molecule has 0 amide bonds. The van der Waals surface area contributed by atoms with Crippen molar-refractivity contribution in [1.29, 1.82) is 0 Å². The van der Waals surface area contributed by atoms with Gasteiger partial charge < -0.3 is 4.90 Å². The summed E-state index contributed by atoms with van der Waals surface area (Å²) in [6.45, 7) is 2.07. The van der Waals surface area contributed by atoms with Crippen LogP contribution in [0.5, 0.6) is 0 Å². The van der Waals surface area contributed by atoms with Gasteiger partial charge in [-0.2, -0.15) is 0 Å². The zero-order valence-electron chi connectivity index (χ0n) is 14.0. The number of fused-ring (bicyclic) bond motifs is 1. The van der Waals surface area contributed by atoms with Crippen molar-refractivity contribution in [2.75, 3.05) is 4.90 Å². The van der Waals surface area contributed by atoms with E-state index in [0.29, 0.717) is 0 Å². The van der Waals surface area contributed by atoms with Gasteiger partial charge in [0.25, 0.3) is 0 Å². The molecule has 122 valence electrons. The van der Waals surface area contributed by atoms with Crippen molar-refractivity contribution >= 4 is 27.8 Å². The number of rotatable bonds is 3. The summed E-state index contributed by atoms with van der Waals surface area (Å²) in [7, 11) is 0. The molecule has 0 bridgehead atoms. The molecule has 0 aliphatic heterocycles. The van der Waals surface area contributed by atoms with Gasteiger partial charge in [-0.1, -0.05) is 54.1 Å². The first-order chi connectivity index (χ1) is 12.2. The average Bonchev–Trinajstić information content (AvgIpc) is 2.65. The highest BCUT2D eigenvalue weighted by atomic mass is 19.1. The van der Waals surface area contributed by atoms with Gasteiger partial charge in [-0.25, -0.2) is 4.39 Å². The Morgan fingerprint density at radius 3 is 1.96 bits per heavy atom. The second kappa shape index (κ2) is 6.40. The molecule has 4 aromatic rings. The highest BCUT2D eigenvalue weighted by Crippen LogP contribution is 2.38. The molecule has 25 heavy (non-hydrogen) atoms. The zero-order valence-corrected chi connectivity index (χ0v) is 14.0. The highest BCUT2D eigenvalue weighted by molar-refractivity contribution is 5.98. The molecular formula is C23H18FN. The van der Waals surface area contributed by atoms with Gasteiger partial charge in [0.05, 0.1) is 5.69 Å². The van der Waals surface area contributed by atoms with Gasteiger partial charge in [-0.3, -0.25) is 0 Å². The van der Waals surface area contributed by atoms with Crippen LogP contribution in [-0.2, 0) is 0 Å². The molecule has 0 radical (unpaired) electrons. The molecule has 4 rings (SSSR count). The molecule has 0 aromatic heterocycles. The first kappa shape index (κ1) is 15.4. The fourth-order valence-electron chi connectivity index (χ4n) is 3.11. The Hall–Kier alpha value is -3.13. The van der Waals surface area contributed by atoms with Crippen LogP contribution in [0.4, 0.5) is 21.5 Å². The Bertz CT molecular complexity index is 953. The Morgan fingerprint density at radius 1 is 0.640 bits per heavy atom. The number of nitrogens with zero attached hydrogens (tertiary/aromatic N) is 1. The largest absolute Gasteiger partial charge is 0.310 e. The molecule has 0 atom stereocenters. The van der Waals surface area contributed by atoms with Crippen molar-refractivity contribution in [1.82, 2.24) is 0 Å². The normalized spacial score (nSPS) is 10.8. The maximum atomic E-state index is 13.4. The van der Waals surface area contributed by atoms with Gasteiger partial charge >= 0.3 is 0 Å². The molecule has 0 saturated heterocycles. The van der Waals surface area contributed by atoms with Gasteiger partial charge in [0.1, 0.15) is 5.82 Å². The molecule has 0 spiro atoms. The van der Waals surface area contributed by atoms with E-state index in [1.54, 1.807) is 0 Å². The summed E-state index contributed by atoms with van der Waals surface area (Å²) in [4.78, 5) is 2.17. The molecule has 0 N–H and O–H groups in total. The lowest BCUT2D eigenvalue weighted by atomic mass is 10.1. The predicted molar refractivity (Wildman–Crippen MR) is 103 cm³/mol. The fourth-order valence-corrected chi connectivity index (χ4v) is 3.11. The summed E-state index contributed by atoms with van der Waals surface area (Å²) < 4.78 is 13.4. The van der Waals surface area contributed by atoms with E-state index in [9.17, 15) is 4.39 Å². The topological polar surface area (TPSA) is 3.24 Å². The molecule has 0 unspecified atom stereocenters. The van der Waals surface area contributed by atoms with Crippen LogP contribution in [0.2, 0.25) is 0 Å². The van der Waals surface area contributed by atoms with Crippen molar-refractivity contribution in [2.45, 2.75) is 6.92 Å². The van der Waals surface area contributed by atoms with E-state index in [0.717, 1.165) is 22.4 Å². The standard InChI is InChI=1S/C23H18FN/c1-17-9-13-20(14-10-17)25(21-15-11-19(24)12-16-21)23-8-4-6-18-5-2-3-7-22(18)23/h2-16H,1H3. The van der Waals surface area contributed by atoms with Crippen molar-refractivity contribution in [3.8, 4) is 0 Å². The van der Waals surface area contributed by atoms with Crippen molar-refractivity contribution in [3.63, 3.8) is 0 Å². The number of anilines is 3. The smallest absolute Gasteiger partial charge is 0.123 e. The van der Waals surface area contributed by atoms with E-state index < -0.39 is 0 Å². The maximum Gasteiger partial charge on any atom is 0.123 e. The van der Waals surface area contributed by atoms with Crippen LogP contribution in [-0.4, -0.2) is 0 Å². The summed E-state index contributed by atoms with van der Waals surface area (Å²) in [5, 5.41) is 2.34. The maximum absolute atomic E-state index is 13.4. The third-order valence-corrected chi connectivity index (χ3v) is 4.38. The Balaban J connectivity index is 1.96. The monoisotopic (exact) mass is 327 g/mol. The van der Waals surface area contributed by atoms with Crippen LogP contribution < -0.4 is 4.90 Å². The third kappa shape index (κ3) is 2.99. The summed E-state index contributed by atoms with van der Waals surface area (Å²) in [5.41, 5.74) is 4.27. The van der Waals surface area contributed by atoms with Crippen molar-refractivity contribution in [3.05, 3.63) is 102 Å². The van der Waals surface area contributed by atoms with Gasteiger partial charge in [0, 0.05) is 16.8 Å². The van der Waals surface area contributed by atoms with Crippen LogP contribution in [0.15, 0.2) is 91.0 Å². The first-order valence-corrected chi connectivity index (χ1v) is 8.32. The van der Waals surface area contributed by atoms with Gasteiger partial charge in [0.2, 0.25) is 0 Å². The number of hydrogen-bond donors (Lipinski definition) is 0. The first-order valence-electron chi connectivity index (χ1n) is 8.32. The van der Waals surface area contributed by atoms with Crippen LogP contribution in [0.1, 0.15) is 5.56 Å². The minimum atomic E-state index is -0.231. The Morgan fingerprint density at radius 2 is 1.24 bits per heavy atom. The lowest BCUT2D eigenvalue weighted by Gasteiger charge is -2.27. The molecule has 0 fully saturated rings. The Labute approximate surface area is 147 Å². The fraction of sp³-hybridized carbons (Fsp3) is 0.0435. The van der Waals surface area contributed by atoms with Crippen LogP contribution in [0, 0.1) is 12.7 Å². The molecule has 0 aliphatic rings. The van der Waals surface area contributed by atoms with Gasteiger partial charge in [-0.05, 0) is 54.8 Å². The van der Waals surface area contributed by atoms with E-state index >= 15 is 0 Å². The summed E-state index contributed by atoms with van der Waals surface area (Å²) in [6.07, 6.45) is 0. The molecular weight excluding hydrogens is 309 g/mol. The van der Waals surface area contributed by atoms with E-state index in [2.05, 4.69) is 66.4 Å². The highest BCUT2D eigenvalue weighted by Gasteiger charge is 2.14. The summed E-state index contributed by atoms with van der Waals surface area (Å²) in [5.74, 6) is -0.231. The molecule has 0 aliphatic carbocycles. The molecule has 0 heterocycles. The van der Waals surface area contributed by atoms with E-state index in [-0.39, 0.29) is 5.82 Å². The number of hydrogen-bond acceptors (Lipinski definition) is 1. The molecule has 0 saturated carbocycles. The second-order valence-corrected chi connectivity index (χ2v) is 6.15. The Kier molecular flexibility index (Phi) is 3.95. The van der Waals surface area contributed by atoms with Crippen LogP contribution >= 0.6 is 0 Å². The second-order valence-electron chi connectivity index (χ2n) is 6.15. The summed E-state index contributed by atoms with van der Waals surface area (Å²) in [6, 6.07) is 29.6. The lowest BCUT2D eigenvalue weighted by molar-refractivity contribution is 0.628. The lowest BCUT2D eigenvalue weighted by Crippen LogP contribution is -2.10. The van der Waals surface area contributed by atoms with E-state index in [1.807, 2.05) is 24.3 Å². The minimum Gasteiger partial charge on any atom is -0.310 e. The summed E-state index contributed by atoms with van der Waals surface area (Å²) >= 11 is 0. The van der Waals surface area contributed by atoms with E-state index in [4.69, 9.17) is 0 Å².